The first kappa shape index (κ1) is 15.3. The molecule has 0 radical (unpaired) electrons. The van der Waals surface area contributed by atoms with Crippen LogP contribution in [-0.4, -0.2) is 27.4 Å². The molecule has 1 aliphatic heterocycles. The van der Waals surface area contributed by atoms with E-state index in [0.717, 1.165) is 24.3 Å². The van der Waals surface area contributed by atoms with Crippen LogP contribution in [0.15, 0.2) is 60.9 Å². The molecular formula is C19H17N5O. The maximum atomic E-state index is 12.4. The number of pyridine rings is 1. The Balaban J connectivity index is 1.51. The molecule has 6 nitrogen and oxygen atoms in total. The van der Waals surface area contributed by atoms with E-state index in [0.29, 0.717) is 18.2 Å². The fourth-order valence-electron chi connectivity index (χ4n) is 2.92. The van der Waals surface area contributed by atoms with Gasteiger partial charge < -0.3 is 10.2 Å². The van der Waals surface area contributed by atoms with Crippen molar-refractivity contribution in [2.24, 2.45) is 0 Å². The van der Waals surface area contributed by atoms with Gasteiger partial charge in [0.2, 0.25) is 5.95 Å². The lowest BCUT2D eigenvalue weighted by Crippen LogP contribution is -2.25. The van der Waals surface area contributed by atoms with Gasteiger partial charge >= 0.3 is 0 Å². The van der Waals surface area contributed by atoms with Gasteiger partial charge in [0.1, 0.15) is 5.69 Å². The summed E-state index contributed by atoms with van der Waals surface area (Å²) in [6, 6.07) is 15.4. The number of rotatable bonds is 4. The van der Waals surface area contributed by atoms with E-state index in [4.69, 9.17) is 0 Å². The molecular weight excluding hydrogens is 314 g/mol. The number of hydrogen-bond acceptors (Lipinski definition) is 5. The molecule has 25 heavy (non-hydrogen) atoms. The normalized spacial score (nSPS) is 12.7. The Labute approximate surface area is 145 Å². The first-order valence-corrected chi connectivity index (χ1v) is 8.18. The second kappa shape index (κ2) is 6.68. The van der Waals surface area contributed by atoms with Crippen molar-refractivity contribution in [3.05, 3.63) is 77.9 Å². The summed E-state index contributed by atoms with van der Waals surface area (Å²) < 4.78 is 0. The second-order valence-corrected chi connectivity index (χ2v) is 5.78. The molecule has 0 unspecified atom stereocenters. The van der Waals surface area contributed by atoms with Crippen molar-refractivity contribution >= 4 is 17.5 Å². The smallest absolute Gasteiger partial charge is 0.270 e. The van der Waals surface area contributed by atoms with Crippen LogP contribution in [0.25, 0.3) is 0 Å². The summed E-state index contributed by atoms with van der Waals surface area (Å²) in [7, 11) is 0. The van der Waals surface area contributed by atoms with Gasteiger partial charge in [-0.3, -0.25) is 9.78 Å². The van der Waals surface area contributed by atoms with Gasteiger partial charge in [0, 0.05) is 24.6 Å². The summed E-state index contributed by atoms with van der Waals surface area (Å²) in [6.45, 7) is 1.18. The molecule has 4 rings (SSSR count). The van der Waals surface area contributed by atoms with E-state index in [-0.39, 0.29) is 5.91 Å². The van der Waals surface area contributed by atoms with E-state index in [9.17, 15) is 4.79 Å². The Hall–Kier alpha value is -3.28. The summed E-state index contributed by atoms with van der Waals surface area (Å²) >= 11 is 0. The molecule has 0 fully saturated rings. The molecule has 3 aromatic rings. The second-order valence-electron chi connectivity index (χ2n) is 5.78. The Bertz CT molecular complexity index is 897. The largest absolute Gasteiger partial charge is 0.345 e. The number of nitrogens with zero attached hydrogens (tertiary/aromatic N) is 4. The van der Waals surface area contributed by atoms with Crippen LogP contribution >= 0.6 is 0 Å². The molecule has 1 aromatic carbocycles. The first-order valence-electron chi connectivity index (χ1n) is 8.18. The van der Waals surface area contributed by atoms with Crippen LogP contribution < -0.4 is 10.2 Å². The van der Waals surface area contributed by atoms with E-state index >= 15 is 0 Å². The molecule has 0 bridgehead atoms. The third-order valence-electron chi connectivity index (χ3n) is 4.16. The molecule has 0 atom stereocenters. The minimum absolute atomic E-state index is 0.234. The molecule has 0 saturated heterocycles. The van der Waals surface area contributed by atoms with Crippen LogP contribution in [0.1, 0.15) is 21.7 Å². The van der Waals surface area contributed by atoms with E-state index in [1.54, 1.807) is 18.5 Å². The zero-order chi connectivity index (χ0) is 17.1. The highest BCUT2D eigenvalue weighted by molar-refractivity contribution is 5.92. The van der Waals surface area contributed by atoms with E-state index in [2.05, 4.69) is 32.4 Å². The molecule has 6 heteroatoms. The number of anilines is 2. The van der Waals surface area contributed by atoms with Gasteiger partial charge in [0.15, 0.2) is 0 Å². The van der Waals surface area contributed by atoms with Crippen LogP contribution in [-0.2, 0) is 13.0 Å². The number of benzene rings is 1. The summed E-state index contributed by atoms with van der Waals surface area (Å²) in [5.74, 6) is 0.317. The molecule has 0 saturated carbocycles. The van der Waals surface area contributed by atoms with Crippen molar-refractivity contribution < 1.29 is 4.79 Å². The van der Waals surface area contributed by atoms with Crippen LogP contribution in [0.2, 0.25) is 0 Å². The number of carbonyl (C=O) groups is 1. The van der Waals surface area contributed by atoms with Crippen molar-refractivity contribution in [1.29, 1.82) is 0 Å². The predicted octanol–water partition coefficient (Wildman–Crippen LogP) is 2.50. The molecule has 1 N–H and O–H groups in total. The van der Waals surface area contributed by atoms with Gasteiger partial charge in [0.05, 0.1) is 12.2 Å². The lowest BCUT2D eigenvalue weighted by molar-refractivity contribution is 0.0945. The Morgan fingerprint density at radius 1 is 1.04 bits per heavy atom. The van der Waals surface area contributed by atoms with Crippen molar-refractivity contribution in [3.63, 3.8) is 0 Å². The van der Waals surface area contributed by atoms with Crippen LogP contribution in [0.3, 0.4) is 0 Å². The fourth-order valence-corrected chi connectivity index (χ4v) is 2.92. The standard InChI is InChI=1S/C19H17N5O/c25-18(22-13-15-6-3-4-10-20-15)16-8-11-21-19(23-16)24-12-9-14-5-1-2-7-17(14)24/h1-8,10-11H,9,12-13H2,(H,22,25). The topological polar surface area (TPSA) is 71.0 Å². The van der Waals surface area contributed by atoms with E-state index in [1.165, 1.54) is 5.56 Å². The summed E-state index contributed by atoms with van der Waals surface area (Å²) in [4.78, 5) is 27.4. The number of hydrogen-bond donors (Lipinski definition) is 1. The zero-order valence-electron chi connectivity index (χ0n) is 13.6. The minimum Gasteiger partial charge on any atom is -0.345 e. The highest BCUT2D eigenvalue weighted by Crippen LogP contribution is 2.31. The highest BCUT2D eigenvalue weighted by Gasteiger charge is 2.22. The summed E-state index contributed by atoms with van der Waals surface area (Å²) in [6.07, 6.45) is 4.28. The predicted molar refractivity (Wildman–Crippen MR) is 94.6 cm³/mol. The number of amides is 1. The monoisotopic (exact) mass is 331 g/mol. The number of aromatic nitrogens is 3. The molecule has 0 spiro atoms. The van der Waals surface area contributed by atoms with Crippen LogP contribution in [0, 0.1) is 0 Å². The Kier molecular flexibility index (Phi) is 4.08. The number of para-hydroxylation sites is 1. The molecule has 0 aliphatic carbocycles. The lowest BCUT2D eigenvalue weighted by Gasteiger charge is -2.17. The maximum absolute atomic E-state index is 12.4. The van der Waals surface area contributed by atoms with Crippen molar-refractivity contribution in [2.45, 2.75) is 13.0 Å². The zero-order valence-corrected chi connectivity index (χ0v) is 13.6. The quantitative estimate of drug-likeness (QED) is 0.795. The van der Waals surface area contributed by atoms with Gasteiger partial charge in [-0.2, -0.15) is 0 Å². The number of carbonyl (C=O) groups excluding carboxylic acids is 1. The summed E-state index contributed by atoms with van der Waals surface area (Å²) in [5, 5.41) is 2.84. The average molecular weight is 331 g/mol. The van der Waals surface area contributed by atoms with E-state index in [1.807, 2.05) is 35.2 Å². The van der Waals surface area contributed by atoms with Gasteiger partial charge in [-0.1, -0.05) is 24.3 Å². The van der Waals surface area contributed by atoms with Crippen LogP contribution in [0.5, 0.6) is 0 Å². The molecule has 1 aliphatic rings. The third kappa shape index (κ3) is 3.19. The summed E-state index contributed by atoms with van der Waals surface area (Å²) in [5.41, 5.74) is 3.54. The maximum Gasteiger partial charge on any atom is 0.270 e. The van der Waals surface area contributed by atoms with Gasteiger partial charge in [-0.25, -0.2) is 9.97 Å². The first-order chi connectivity index (χ1) is 12.3. The van der Waals surface area contributed by atoms with Gasteiger partial charge in [-0.15, -0.1) is 0 Å². The van der Waals surface area contributed by atoms with Gasteiger partial charge in [-0.05, 0) is 36.2 Å². The fraction of sp³-hybridized carbons (Fsp3) is 0.158. The third-order valence-corrected chi connectivity index (χ3v) is 4.16. The Morgan fingerprint density at radius 3 is 2.80 bits per heavy atom. The Morgan fingerprint density at radius 2 is 1.92 bits per heavy atom. The lowest BCUT2D eigenvalue weighted by atomic mass is 10.2. The van der Waals surface area contributed by atoms with Gasteiger partial charge in [0.25, 0.3) is 5.91 Å². The van der Waals surface area contributed by atoms with Crippen molar-refractivity contribution in [3.8, 4) is 0 Å². The van der Waals surface area contributed by atoms with Crippen LogP contribution in [0.4, 0.5) is 11.6 Å². The average Bonchev–Trinajstić information content (AvgIpc) is 3.11. The minimum atomic E-state index is -0.234. The van der Waals surface area contributed by atoms with E-state index < -0.39 is 0 Å². The van der Waals surface area contributed by atoms with Crippen molar-refractivity contribution in [2.75, 3.05) is 11.4 Å². The molecule has 2 aromatic heterocycles. The SMILES string of the molecule is O=C(NCc1ccccn1)c1ccnc(N2CCc3ccccc32)n1. The molecule has 124 valence electrons. The highest BCUT2D eigenvalue weighted by atomic mass is 16.1. The molecule has 3 heterocycles. The molecule has 1 amide bonds. The number of nitrogens with one attached hydrogen (secondary N) is 1. The number of fused-ring (bicyclic) bond motifs is 1. The van der Waals surface area contributed by atoms with Crippen molar-refractivity contribution in [1.82, 2.24) is 20.3 Å².